The minimum absolute atomic E-state index is 0.0114. The molecule has 1 fully saturated rings. The minimum Gasteiger partial charge on any atom is -0.348 e. The van der Waals surface area contributed by atoms with Gasteiger partial charge in [-0.3, -0.25) is 4.79 Å². The summed E-state index contributed by atoms with van der Waals surface area (Å²) in [4.78, 5) is 14.8. The molecule has 2 heterocycles. The van der Waals surface area contributed by atoms with E-state index in [2.05, 4.69) is 22.2 Å². The van der Waals surface area contributed by atoms with Gasteiger partial charge >= 0.3 is 0 Å². The van der Waals surface area contributed by atoms with E-state index in [9.17, 15) is 4.79 Å². The molecular weight excluding hydrogens is 300 g/mol. The van der Waals surface area contributed by atoms with Gasteiger partial charge in [-0.05, 0) is 69.6 Å². The number of carbonyl (C=O) groups is 1. The summed E-state index contributed by atoms with van der Waals surface area (Å²) in [5.74, 6) is -0.0114. The van der Waals surface area contributed by atoms with E-state index in [1.165, 1.54) is 19.3 Å². The van der Waals surface area contributed by atoms with Crippen LogP contribution in [0.4, 0.5) is 0 Å². The predicted octanol–water partition coefficient (Wildman–Crippen LogP) is 2.78. The Bertz CT molecular complexity index is 671. The van der Waals surface area contributed by atoms with Crippen LogP contribution in [0.25, 0.3) is 5.69 Å². The van der Waals surface area contributed by atoms with Gasteiger partial charge in [0.05, 0.1) is 11.9 Å². The van der Waals surface area contributed by atoms with E-state index in [4.69, 9.17) is 0 Å². The topological polar surface area (TPSA) is 50.2 Å². The van der Waals surface area contributed by atoms with E-state index in [0.29, 0.717) is 5.56 Å². The average Bonchev–Trinajstić information content (AvgIpc) is 3.02. The number of piperidine rings is 1. The average molecular weight is 326 g/mol. The summed E-state index contributed by atoms with van der Waals surface area (Å²) in [5.41, 5.74) is 2.76. The van der Waals surface area contributed by atoms with E-state index < -0.39 is 0 Å². The molecule has 1 aliphatic heterocycles. The molecule has 1 atom stereocenters. The standard InChI is InChI=1S/C19H26N4O/c1-15-12-20-23(13-15)18-8-6-17(7-9-18)19(24)21-16(2)14-22-10-4-3-5-11-22/h6-9,12-13,16H,3-5,10-11,14H2,1-2H3,(H,21,24). The van der Waals surface area contributed by atoms with Crippen LogP contribution in [0.5, 0.6) is 0 Å². The molecule has 1 amide bonds. The van der Waals surface area contributed by atoms with Crippen molar-refractivity contribution in [2.24, 2.45) is 0 Å². The number of aromatic nitrogens is 2. The van der Waals surface area contributed by atoms with Gasteiger partial charge in [0.15, 0.2) is 0 Å². The lowest BCUT2D eigenvalue weighted by Crippen LogP contribution is -2.43. The van der Waals surface area contributed by atoms with Crippen molar-refractivity contribution in [1.82, 2.24) is 20.0 Å². The van der Waals surface area contributed by atoms with Crippen LogP contribution in [-0.4, -0.2) is 46.3 Å². The third-order valence-electron chi connectivity index (χ3n) is 4.46. The van der Waals surface area contributed by atoms with Crippen molar-refractivity contribution >= 4 is 5.91 Å². The van der Waals surface area contributed by atoms with Crippen molar-refractivity contribution in [3.63, 3.8) is 0 Å². The van der Waals surface area contributed by atoms with Gasteiger partial charge in [0.25, 0.3) is 5.91 Å². The lowest BCUT2D eigenvalue weighted by Gasteiger charge is -2.29. The molecule has 5 nitrogen and oxygen atoms in total. The van der Waals surface area contributed by atoms with Crippen LogP contribution in [0.2, 0.25) is 0 Å². The van der Waals surface area contributed by atoms with E-state index in [-0.39, 0.29) is 11.9 Å². The van der Waals surface area contributed by atoms with Crippen LogP contribution in [0.3, 0.4) is 0 Å². The number of likely N-dealkylation sites (tertiary alicyclic amines) is 1. The monoisotopic (exact) mass is 326 g/mol. The molecule has 2 aromatic rings. The van der Waals surface area contributed by atoms with Crippen molar-refractivity contribution in [3.05, 3.63) is 47.8 Å². The van der Waals surface area contributed by atoms with Gasteiger partial charge in [-0.25, -0.2) is 4.68 Å². The van der Waals surface area contributed by atoms with Crippen LogP contribution < -0.4 is 5.32 Å². The molecule has 24 heavy (non-hydrogen) atoms. The number of rotatable bonds is 5. The molecule has 0 radical (unpaired) electrons. The Kier molecular flexibility index (Phi) is 5.30. The normalized spacial score (nSPS) is 16.8. The molecule has 1 aliphatic rings. The Hall–Kier alpha value is -2.14. The van der Waals surface area contributed by atoms with Gasteiger partial charge in [-0.1, -0.05) is 6.42 Å². The fraction of sp³-hybridized carbons (Fsp3) is 0.474. The molecule has 0 saturated carbocycles. The maximum Gasteiger partial charge on any atom is 0.251 e. The molecule has 128 valence electrons. The highest BCUT2D eigenvalue weighted by molar-refractivity contribution is 5.94. The third kappa shape index (κ3) is 4.23. The second-order valence-electron chi connectivity index (χ2n) is 6.74. The Labute approximate surface area is 143 Å². The molecule has 1 unspecified atom stereocenters. The summed E-state index contributed by atoms with van der Waals surface area (Å²) in [6, 6.07) is 7.72. The van der Waals surface area contributed by atoms with Crippen LogP contribution >= 0.6 is 0 Å². The van der Waals surface area contributed by atoms with E-state index in [1.54, 1.807) is 0 Å². The van der Waals surface area contributed by atoms with Crippen molar-refractivity contribution < 1.29 is 4.79 Å². The van der Waals surface area contributed by atoms with Crippen LogP contribution in [0.15, 0.2) is 36.7 Å². The number of carbonyl (C=O) groups excluding carboxylic acids is 1. The van der Waals surface area contributed by atoms with Crippen molar-refractivity contribution in [2.75, 3.05) is 19.6 Å². The predicted molar refractivity (Wildman–Crippen MR) is 95.5 cm³/mol. The number of nitrogens with one attached hydrogen (secondary N) is 1. The number of nitrogens with zero attached hydrogens (tertiary/aromatic N) is 3. The lowest BCUT2D eigenvalue weighted by atomic mass is 10.1. The first-order valence-electron chi connectivity index (χ1n) is 8.77. The molecule has 1 aromatic carbocycles. The Morgan fingerprint density at radius 3 is 2.54 bits per heavy atom. The number of benzene rings is 1. The van der Waals surface area contributed by atoms with Gasteiger partial charge in [-0.15, -0.1) is 0 Å². The van der Waals surface area contributed by atoms with Gasteiger partial charge < -0.3 is 10.2 Å². The van der Waals surface area contributed by atoms with Gasteiger partial charge in [0, 0.05) is 24.3 Å². The lowest BCUT2D eigenvalue weighted by molar-refractivity contribution is 0.0925. The fourth-order valence-corrected chi connectivity index (χ4v) is 3.20. The number of amides is 1. The zero-order chi connectivity index (χ0) is 16.9. The molecular formula is C19H26N4O. The maximum atomic E-state index is 12.4. The highest BCUT2D eigenvalue weighted by Crippen LogP contribution is 2.11. The first-order valence-corrected chi connectivity index (χ1v) is 8.77. The molecule has 0 spiro atoms. The summed E-state index contributed by atoms with van der Waals surface area (Å²) >= 11 is 0. The number of aryl methyl sites for hydroxylation is 1. The highest BCUT2D eigenvalue weighted by Gasteiger charge is 2.15. The second kappa shape index (κ2) is 7.62. The first kappa shape index (κ1) is 16.7. The molecule has 0 bridgehead atoms. The number of hydrogen-bond acceptors (Lipinski definition) is 3. The summed E-state index contributed by atoms with van der Waals surface area (Å²) < 4.78 is 1.82. The molecule has 1 N–H and O–H groups in total. The highest BCUT2D eigenvalue weighted by atomic mass is 16.1. The Morgan fingerprint density at radius 1 is 1.21 bits per heavy atom. The summed E-state index contributed by atoms with van der Waals surface area (Å²) in [7, 11) is 0. The first-order chi connectivity index (χ1) is 11.6. The minimum atomic E-state index is -0.0114. The Morgan fingerprint density at radius 2 is 1.92 bits per heavy atom. The van der Waals surface area contributed by atoms with E-state index in [0.717, 1.165) is 30.9 Å². The van der Waals surface area contributed by atoms with Gasteiger partial charge in [0.2, 0.25) is 0 Å². The van der Waals surface area contributed by atoms with E-state index >= 15 is 0 Å². The summed E-state index contributed by atoms with van der Waals surface area (Å²) in [6.07, 6.45) is 7.67. The fourth-order valence-electron chi connectivity index (χ4n) is 3.20. The smallest absolute Gasteiger partial charge is 0.251 e. The van der Waals surface area contributed by atoms with Gasteiger partial charge in [-0.2, -0.15) is 5.10 Å². The molecule has 3 rings (SSSR count). The Balaban J connectivity index is 1.56. The quantitative estimate of drug-likeness (QED) is 0.919. The number of hydrogen-bond donors (Lipinski definition) is 1. The molecule has 5 heteroatoms. The summed E-state index contributed by atoms with van der Waals surface area (Å²) in [5, 5.41) is 7.39. The summed E-state index contributed by atoms with van der Waals surface area (Å²) in [6.45, 7) is 7.31. The second-order valence-corrected chi connectivity index (χ2v) is 6.74. The SMILES string of the molecule is Cc1cnn(-c2ccc(C(=O)NC(C)CN3CCCCC3)cc2)c1. The van der Waals surface area contributed by atoms with Crippen LogP contribution in [-0.2, 0) is 0 Å². The molecule has 1 aromatic heterocycles. The molecule has 1 saturated heterocycles. The van der Waals surface area contributed by atoms with Crippen molar-refractivity contribution in [3.8, 4) is 5.69 Å². The van der Waals surface area contributed by atoms with Crippen molar-refractivity contribution in [2.45, 2.75) is 39.2 Å². The van der Waals surface area contributed by atoms with Crippen LogP contribution in [0, 0.1) is 6.92 Å². The zero-order valence-electron chi connectivity index (χ0n) is 14.5. The maximum absolute atomic E-state index is 12.4. The van der Waals surface area contributed by atoms with Gasteiger partial charge in [0.1, 0.15) is 0 Å². The third-order valence-corrected chi connectivity index (χ3v) is 4.46. The van der Waals surface area contributed by atoms with Crippen molar-refractivity contribution in [1.29, 1.82) is 0 Å². The van der Waals surface area contributed by atoms with E-state index in [1.807, 2.05) is 48.3 Å². The molecule has 0 aliphatic carbocycles. The van der Waals surface area contributed by atoms with Crippen LogP contribution in [0.1, 0.15) is 42.1 Å². The zero-order valence-corrected chi connectivity index (χ0v) is 14.5. The largest absolute Gasteiger partial charge is 0.348 e.